The quantitative estimate of drug-likeness (QED) is 0.724. The normalized spacial score (nSPS) is 27.1. The van der Waals surface area contributed by atoms with Crippen LogP contribution in [0.1, 0.15) is 19.8 Å². The van der Waals surface area contributed by atoms with Crippen LogP contribution in [0.3, 0.4) is 0 Å². The van der Waals surface area contributed by atoms with E-state index in [9.17, 15) is 26.7 Å². The number of alkyl halides is 5. The van der Waals surface area contributed by atoms with E-state index in [0.717, 1.165) is 0 Å². The summed E-state index contributed by atoms with van der Waals surface area (Å²) in [6, 6.07) is -0.555. The van der Waals surface area contributed by atoms with E-state index in [1.165, 1.54) is 0 Å². The molecule has 0 heterocycles. The number of hydrogen-bond acceptors (Lipinski definition) is 1. The third-order valence-electron chi connectivity index (χ3n) is 2.35. The molecule has 0 saturated heterocycles. The lowest BCUT2D eigenvalue weighted by atomic mass is 9.82. The molecule has 0 aromatic rings. The van der Waals surface area contributed by atoms with Crippen LogP contribution in [0.5, 0.6) is 0 Å². The van der Waals surface area contributed by atoms with Crippen LogP contribution in [-0.4, -0.2) is 24.0 Å². The number of nitrogens with one attached hydrogen (secondary N) is 1. The van der Waals surface area contributed by atoms with Gasteiger partial charge in [0.05, 0.1) is 0 Å². The molecule has 0 atom stereocenters. The van der Waals surface area contributed by atoms with Gasteiger partial charge in [-0.3, -0.25) is 4.79 Å². The van der Waals surface area contributed by atoms with Gasteiger partial charge in [0.15, 0.2) is 0 Å². The van der Waals surface area contributed by atoms with Gasteiger partial charge in [0.25, 0.3) is 0 Å². The third-order valence-corrected chi connectivity index (χ3v) is 2.35. The molecule has 0 spiro atoms. The van der Waals surface area contributed by atoms with E-state index in [1.807, 2.05) is 6.92 Å². The Morgan fingerprint density at radius 3 is 2.00 bits per heavy atom. The topological polar surface area (TPSA) is 29.1 Å². The van der Waals surface area contributed by atoms with Gasteiger partial charge in [-0.1, -0.05) is 6.92 Å². The van der Waals surface area contributed by atoms with Crippen LogP contribution in [-0.2, 0) is 4.79 Å². The van der Waals surface area contributed by atoms with Gasteiger partial charge in [-0.25, -0.2) is 0 Å². The van der Waals surface area contributed by atoms with Crippen molar-refractivity contribution < 1.29 is 26.7 Å². The minimum Gasteiger partial charge on any atom is -0.348 e. The molecule has 0 aromatic carbocycles. The van der Waals surface area contributed by atoms with Crippen LogP contribution in [0.15, 0.2) is 0 Å². The van der Waals surface area contributed by atoms with E-state index < -0.39 is 24.0 Å². The van der Waals surface area contributed by atoms with E-state index in [2.05, 4.69) is 0 Å². The molecule has 1 fully saturated rings. The largest absolute Gasteiger partial charge is 0.463 e. The smallest absolute Gasteiger partial charge is 0.348 e. The lowest BCUT2D eigenvalue weighted by molar-refractivity contribution is -0.270. The summed E-state index contributed by atoms with van der Waals surface area (Å²) in [6.45, 7) is 1.82. The van der Waals surface area contributed by atoms with E-state index in [-0.39, 0.29) is 5.92 Å². The van der Waals surface area contributed by atoms with Gasteiger partial charge in [0.1, 0.15) is 0 Å². The van der Waals surface area contributed by atoms with Crippen LogP contribution < -0.4 is 5.32 Å². The predicted octanol–water partition coefficient (Wildman–Crippen LogP) is 2.10. The molecule has 1 rings (SSSR count). The summed E-state index contributed by atoms with van der Waals surface area (Å²) in [5.74, 6) is -7.30. The third kappa shape index (κ3) is 2.38. The lowest BCUT2D eigenvalue weighted by Crippen LogP contribution is -2.55. The molecule has 1 aliphatic rings. The van der Waals surface area contributed by atoms with Gasteiger partial charge in [0.2, 0.25) is 0 Å². The van der Waals surface area contributed by atoms with Crippen LogP contribution in [0.25, 0.3) is 0 Å². The highest BCUT2D eigenvalue weighted by atomic mass is 19.4. The molecule has 1 N–H and O–H groups in total. The van der Waals surface area contributed by atoms with E-state index in [1.54, 1.807) is 5.32 Å². The number of rotatable bonds is 2. The molecular weight excluding hydrogens is 221 g/mol. The molecule has 88 valence electrons. The summed E-state index contributed by atoms with van der Waals surface area (Å²) in [6.07, 6.45) is -4.94. The Morgan fingerprint density at radius 2 is 1.67 bits per heavy atom. The second kappa shape index (κ2) is 3.61. The Morgan fingerprint density at radius 1 is 1.20 bits per heavy atom. The van der Waals surface area contributed by atoms with Crippen LogP contribution in [0.2, 0.25) is 0 Å². The van der Waals surface area contributed by atoms with Gasteiger partial charge >= 0.3 is 18.0 Å². The molecule has 0 aromatic heterocycles. The number of carbonyl (C=O) groups is 1. The van der Waals surface area contributed by atoms with Gasteiger partial charge in [-0.2, -0.15) is 22.0 Å². The van der Waals surface area contributed by atoms with Gasteiger partial charge < -0.3 is 5.32 Å². The molecule has 7 heteroatoms. The van der Waals surface area contributed by atoms with Crippen LogP contribution in [0, 0.1) is 5.92 Å². The highest BCUT2D eigenvalue weighted by Gasteiger charge is 2.63. The summed E-state index contributed by atoms with van der Waals surface area (Å²) in [7, 11) is 0. The summed E-state index contributed by atoms with van der Waals surface area (Å²) in [5.41, 5.74) is 0. The zero-order valence-electron chi connectivity index (χ0n) is 7.87. The fraction of sp³-hybridized carbons (Fsp3) is 0.875. The van der Waals surface area contributed by atoms with Crippen molar-refractivity contribution in [1.82, 2.24) is 5.32 Å². The summed E-state index contributed by atoms with van der Waals surface area (Å²) < 4.78 is 60.0. The van der Waals surface area contributed by atoms with Crippen molar-refractivity contribution in [2.75, 3.05) is 0 Å². The van der Waals surface area contributed by atoms with Crippen molar-refractivity contribution >= 4 is 5.91 Å². The van der Waals surface area contributed by atoms with E-state index >= 15 is 0 Å². The van der Waals surface area contributed by atoms with Gasteiger partial charge in [-0.15, -0.1) is 0 Å². The monoisotopic (exact) mass is 231 g/mol. The second-order valence-electron chi connectivity index (χ2n) is 3.82. The molecule has 1 aliphatic carbocycles. The molecule has 15 heavy (non-hydrogen) atoms. The Bertz CT molecular complexity index is 256. The zero-order chi connectivity index (χ0) is 11.9. The molecule has 1 saturated carbocycles. The van der Waals surface area contributed by atoms with E-state index in [0.29, 0.717) is 12.8 Å². The maximum absolute atomic E-state index is 12.4. The Hall–Kier alpha value is -0.880. The maximum Gasteiger partial charge on any atom is 0.463 e. The molecule has 0 bridgehead atoms. The first kappa shape index (κ1) is 12.2. The molecule has 1 amide bonds. The van der Waals surface area contributed by atoms with Crippen molar-refractivity contribution in [1.29, 1.82) is 0 Å². The standard InChI is InChI=1S/C8H10F5NO/c1-4-2-5(3-4)14-6(15)7(9,10)8(11,12)13/h4-5H,2-3H2,1H3,(H,14,15). The average Bonchev–Trinajstić information content (AvgIpc) is 1.99. The highest BCUT2D eigenvalue weighted by Crippen LogP contribution is 2.36. The fourth-order valence-electron chi connectivity index (χ4n) is 1.42. The van der Waals surface area contributed by atoms with Crippen LogP contribution >= 0.6 is 0 Å². The molecule has 0 aliphatic heterocycles. The maximum atomic E-state index is 12.4. The lowest BCUT2D eigenvalue weighted by Gasteiger charge is -2.34. The zero-order valence-corrected chi connectivity index (χ0v) is 7.87. The Kier molecular flexibility index (Phi) is 2.93. The van der Waals surface area contributed by atoms with Crippen molar-refractivity contribution in [3.8, 4) is 0 Å². The highest BCUT2D eigenvalue weighted by molar-refractivity contribution is 5.84. The van der Waals surface area contributed by atoms with Crippen molar-refractivity contribution in [2.45, 2.75) is 37.9 Å². The number of amides is 1. The molecular formula is C8H10F5NO. The number of halogens is 5. The predicted molar refractivity (Wildman–Crippen MR) is 41.3 cm³/mol. The summed E-state index contributed by atoms with van der Waals surface area (Å²) in [5, 5.41) is 1.68. The average molecular weight is 231 g/mol. The fourth-order valence-corrected chi connectivity index (χ4v) is 1.42. The molecule has 0 unspecified atom stereocenters. The molecule has 0 radical (unpaired) electrons. The van der Waals surface area contributed by atoms with Crippen molar-refractivity contribution in [3.63, 3.8) is 0 Å². The van der Waals surface area contributed by atoms with Gasteiger partial charge in [0, 0.05) is 6.04 Å². The minimum atomic E-state index is -5.83. The minimum absolute atomic E-state index is 0.259. The first-order valence-corrected chi connectivity index (χ1v) is 4.40. The Labute approximate surface area is 82.8 Å². The van der Waals surface area contributed by atoms with E-state index in [4.69, 9.17) is 0 Å². The SMILES string of the molecule is CC1CC(NC(=O)C(F)(F)C(F)(F)F)C1. The van der Waals surface area contributed by atoms with Gasteiger partial charge in [-0.05, 0) is 18.8 Å². The first-order chi connectivity index (χ1) is 6.64. The number of hydrogen-bond donors (Lipinski definition) is 1. The second-order valence-corrected chi connectivity index (χ2v) is 3.82. The Balaban J connectivity index is 2.53. The van der Waals surface area contributed by atoms with Crippen LogP contribution in [0.4, 0.5) is 22.0 Å². The number of carbonyl (C=O) groups excluding carboxylic acids is 1. The summed E-state index contributed by atoms with van der Waals surface area (Å²) >= 11 is 0. The molecule has 2 nitrogen and oxygen atoms in total. The van der Waals surface area contributed by atoms with Crippen molar-refractivity contribution in [3.05, 3.63) is 0 Å². The first-order valence-electron chi connectivity index (χ1n) is 4.40. The summed E-state index contributed by atoms with van der Waals surface area (Å²) in [4.78, 5) is 10.6. The van der Waals surface area contributed by atoms with Crippen molar-refractivity contribution in [2.24, 2.45) is 5.92 Å².